The molecule has 0 saturated heterocycles. The Hall–Kier alpha value is -2.14. The zero-order valence-corrected chi connectivity index (χ0v) is 15.3. The molecule has 2 aromatic heterocycles. The summed E-state index contributed by atoms with van der Waals surface area (Å²) in [5, 5.41) is 15.3. The molecule has 3 aromatic rings. The van der Waals surface area contributed by atoms with Crippen molar-refractivity contribution in [3.8, 4) is 11.1 Å². The molecule has 25 heavy (non-hydrogen) atoms. The van der Waals surface area contributed by atoms with Crippen LogP contribution in [0.1, 0.15) is 62.5 Å². The monoisotopic (exact) mass is 339 g/mol. The largest absolute Gasteiger partial charge is 0.385 e. The molecule has 0 atom stereocenters. The number of aliphatic hydroxyl groups is 1. The van der Waals surface area contributed by atoms with Gasteiger partial charge in [0.2, 0.25) is 0 Å². The Labute approximate surface area is 147 Å². The molecule has 0 spiro atoms. The number of rotatable bonds is 5. The van der Waals surface area contributed by atoms with Crippen molar-refractivity contribution < 1.29 is 9.63 Å². The average Bonchev–Trinajstić information content (AvgIpc) is 3.30. The van der Waals surface area contributed by atoms with Crippen molar-refractivity contribution in [2.75, 3.05) is 0 Å². The molecular formula is C20H25N3O2. The van der Waals surface area contributed by atoms with Gasteiger partial charge in [-0.15, -0.1) is 0 Å². The van der Waals surface area contributed by atoms with Gasteiger partial charge in [-0.25, -0.2) is 4.98 Å². The zero-order chi connectivity index (χ0) is 17.8. The van der Waals surface area contributed by atoms with Crippen LogP contribution in [0.3, 0.4) is 0 Å². The van der Waals surface area contributed by atoms with Gasteiger partial charge in [0.1, 0.15) is 12.1 Å². The van der Waals surface area contributed by atoms with Crippen molar-refractivity contribution >= 4 is 11.0 Å². The SMILES string of the molecule is CCC(O)(CC)c1cc(-c2conc2C)cc2c1nc(C1CC1)n2C. The van der Waals surface area contributed by atoms with E-state index >= 15 is 0 Å². The second-order valence-corrected chi connectivity index (χ2v) is 7.25. The molecule has 0 amide bonds. The van der Waals surface area contributed by atoms with Crippen molar-refractivity contribution in [1.82, 2.24) is 14.7 Å². The third-order valence-electron chi connectivity index (χ3n) is 5.70. The Bertz CT molecular complexity index is 930. The van der Waals surface area contributed by atoms with E-state index < -0.39 is 5.60 Å². The van der Waals surface area contributed by atoms with Gasteiger partial charge in [0.15, 0.2) is 0 Å². The number of aromatic nitrogens is 3. The molecule has 5 nitrogen and oxygen atoms in total. The van der Waals surface area contributed by atoms with E-state index in [9.17, 15) is 5.11 Å². The lowest BCUT2D eigenvalue weighted by Gasteiger charge is -2.26. The van der Waals surface area contributed by atoms with Gasteiger partial charge in [0.05, 0.1) is 22.3 Å². The minimum Gasteiger partial charge on any atom is -0.385 e. The second-order valence-electron chi connectivity index (χ2n) is 7.25. The van der Waals surface area contributed by atoms with E-state index in [0.717, 1.165) is 39.2 Å². The van der Waals surface area contributed by atoms with Crippen LogP contribution < -0.4 is 0 Å². The lowest BCUT2D eigenvalue weighted by atomic mass is 9.86. The quantitative estimate of drug-likeness (QED) is 0.747. The van der Waals surface area contributed by atoms with Crippen LogP contribution in [-0.2, 0) is 12.6 Å². The van der Waals surface area contributed by atoms with Gasteiger partial charge in [0, 0.05) is 24.1 Å². The molecule has 1 aromatic carbocycles. The van der Waals surface area contributed by atoms with Gasteiger partial charge < -0.3 is 14.2 Å². The molecule has 0 unspecified atom stereocenters. The second kappa shape index (κ2) is 5.70. The van der Waals surface area contributed by atoms with Crippen LogP contribution in [0.4, 0.5) is 0 Å². The Morgan fingerprint density at radius 2 is 2.00 bits per heavy atom. The molecule has 1 aliphatic carbocycles. The summed E-state index contributed by atoms with van der Waals surface area (Å²) < 4.78 is 7.33. The maximum Gasteiger partial charge on any atom is 0.131 e. The molecule has 4 rings (SSSR count). The van der Waals surface area contributed by atoms with Gasteiger partial charge in [-0.3, -0.25) is 0 Å². The van der Waals surface area contributed by atoms with E-state index in [1.165, 1.54) is 12.8 Å². The molecule has 1 aliphatic rings. The Kier molecular flexibility index (Phi) is 3.72. The fourth-order valence-corrected chi connectivity index (χ4v) is 3.72. The molecular weight excluding hydrogens is 314 g/mol. The first-order chi connectivity index (χ1) is 12.0. The normalized spacial score (nSPS) is 15.2. The number of fused-ring (bicyclic) bond motifs is 1. The first-order valence-electron chi connectivity index (χ1n) is 9.13. The summed E-state index contributed by atoms with van der Waals surface area (Å²) in [6.45, 7) is 5.99. The predicted octanol–water partition coefficient (Wildman–Crippen LogP) is 4.42. The molecule has 2 heterocycles. The zero-order valence-electron chi connectivity index (χ0n) is 15.3. The summed E-state index contributed by atoms with van der Waals surface area (Å²) >= 11 is 0. The van der Waals surface area contributed by atoms with Crippen LogP contribution in [0.25, 0.3) is 22.2 Å². The number of hydrogen-bond acceptors (Lipinski definition) is 4. The topological polar surface area (TPSA) is 64.1 Å². The first-order valence-corrected chi connectivity index (χ1v) is 9.13. The van der Waals surface area contributed by atoms with Crippen molar-refractivity contribution in [1.29, 1.82) is 0 Å². The third kappa shape index (κ3) is 2.49. The minimum atomic E-state index is -0.880. The molecule has 0 bridgehead atoms. The van der Waals surface area contributed by atoms with Gasteiger partial charge in [0.25, 0.3) is 0 Å². The van der Waals surface area contributed by atoms with E-state index in [4.69, 9.17) is 9.51 Å². The Morgan fingerprint density at radius 1 is 1.28 bits per heavy atom. The van der Waals surface area contributed by atoms with E-state index in [0.29, 0.717) is 18.8 Å². The number of benzene rings is 1. The maximum absolute atomic E-state index is 11.3. The van der Waals surface area contributed by atoms with E-state index in [-0.39, 0.29) is 0 Å². The number of aryl methyl sites for hydroxylation is 2. The van der Waals surface area contributed by atoms with Crippen LogP contribution in [0.5, 0.6) is 0 Å². The molecule has 0 radical (unpaired) electrons. The third-order valence-corrected chi connectivity index (χ3v) is 5.70. The smallest absolute Gasteiger partial charge is 0.131 e. The minimum absolute atomic E-state index is 0.558. The Morgan fingerprint density at radius 3 is 2.56 bits per heavy atom. The van der Waals surface area contributed by atoms with Crippen LogP contribution in [-0.4, -0.2) is 19.8 Å². The predicted molar refractivity (Wildman–Crippen MR) is 97.4 cm³/mol. The highest BCUT2D eigenvalue weighted by Crippen LogP contribution is 2.43. The highest BCUT2D eigenvalue weighted by molar-refractivity contribution is 5.87. The van der Waals surface area contributed by atoms with Gasteiger partial charge in [-0.1, -0.05) is 19.0 Å². The summed E-state index contributed by atoms with van der Waals surface area (Å²) in [7, 11) is 2.08. The van der Waals surface area contributed by atoms with Crippen molar-refractivity contribution in [3.05, 3.63) is 35.5 Å². The lowest BCUT2D eigenvalue weighted by molar-refractivity contribution is 0.0297. The summed E-state index contributed by atoms with van der Waals surface area (Å²) in [6, 6.07) is 4.21. The summed E-state index contributed by atoms with van der Waals surface area (Å²) in [4.78, 5) is 4.94. The summed E-state index contributed by atoms with van der Waals surface area (Å²) in [5.41, 5.74) is 4.86. The number of imidazole rings is 1. The van der Waals surface area contributed by atoms with Crippen molar-refractivity contribution in [3.63, 3.8) is 0 Å². The first kappa shape index (κ1) is 16.3. The molecule has 5 heteroatoms. The summed E-state index contributed by atoms with van der Waals surface area (Å²) in [5.74, 6) is 1.69. The van der Waals surface area contributed by atoms with Gasteiger partial charge in [-0.2, -0.15) is 0 Å². The number of nitrogens with zero attached hydrogens (tertiary/aromatic N) is 3. The van der Waals surface area contributed by atoms with Crippen LogP contribution >= 0.6 is 0 Å². The molecule has 0 aliphatic heterocycles. The van der Waals surface area contributed by atoms with E-state index in [1.807, 2.05) is 20.8 Å². The number of hydrogen-bond donors (Lipinski definition) is 1. The fourth-order valence-electron chi connectivity index (χ4n) is 3.72. The molecule has 1 saturated carbocycles. The van der Waals surface area contributed by atoms with Crippen LogP contribution in [0, 0.1) is 6.92 Å². The standard InChI is InChI=1S/C20H25N3O2/c1-5-20(24,6-2)16-9-14(15-11-25-22-12(15)3)10-17-18(16)21-19(23(17)4)13-7-8-13/h9-11,13,24H,5-8H2,1-4H3. The van der Waals surface area contributed by atoms with Crippen LogP contribution in [0.15, 0.2) is 22.9 Å². The fraction of sp³-hybridized carbons (Fsp3) is 0.500. The van der Waals surface area contributed by atoms with Gasteiger partial charge >= 0.3 is 0 Å². The molecule has 1 N–H and O–H groups in total. The van der Waals surface area contributed by atoms with Gasteiger partial charge in [-0.05, 0) is 50.3 Å². The summed E-state index contributed by atoms with van der Waals surface area (Å²) in [6.07, 6.45) is 5.39. The van der Waals surface area contributed by atoms with E-state index in [1.54, 1.807) is 6.26 Å². The highest BCUT2D eigenvalue weighted by atomic mass is 16.5. The maximum atomic E-state index is 11.3. The van der Waals surface area contributed by atoms with E-state index in [2.05, 4.69) is 28.9 Å². The molecule has 132 valence electrons. The van der Waals surface area contributed by atoms with Crippen molar-refractivity contribution in [2.45, 2.75) is 58.0 Å². The Balaban J connectivity index is 2.03. The average molecular weight is 339 g/mol. The molecule has 1 fully saturated rings. The van der Waals surface area contributed by atoms with Crippen LogP contribution in [0.2, 0.25) is 0 Å². The van der Waals surface area contributed by atoms with Crippen molar-refractivity contribution in [2.24, 2.45) is 7.05 Å². The lowest BCUT2D eigenvalue weighted by Crippen LogP contribution is -2.24. The highest BCUT2D eigenvalue weighted by Gasteiger charge is 2.33.